The van der Waals surface area contributed by atoms with Gasteiger partial charge in [-0.3, -0.25) is 4.57 Å². The molecule has 0 spiro atoms. The molecule has 1 unspecified atom stereocenters. The van der Waals surface area contributed by atoms with E-state index in [4.69, 9.17) is 32.5 Å². The van der Waals surface area contributed by atoms with Gasteiger partial charge in [0, 0.05) is 20.7 Å². The first-order valence-electron chi connectivity index (χ1n) is 11.4. The van der Waals surface area contributed by atoms with Crippen LogP contribution in [0.1, 0.15) is 29.9 Å². The summed E-state index contributed by atoms with van der Waals surface area (Å²) in [7, 11) is -8.48. The number of ether oxygens (including phenoxy) is 1. The Hall–Kier alpha value is -2.61. The average Bonchev–Trinajstić information content (AvgIpc) is 3.20. The molecule has 0 aliphatic carbocycles. The number of nitrogens with zero attached hydrogens (tertiary/aromatic N) is 1. The van der Waals surface area contributed by atoms with Crippen LogP contribution in [-0.4, -0.2) is 31.6 Å². The summed E-state index contributed by atoms with van der Waals surface area (Å²) in [6.45, 7) is 4.99. The van der Waals surface area contributed by atoms with Crippen LogP contribution in [0, 0.1) is 6.92 Å². The highest BCUT2D eigenvalue weighted by Gasteiger charge is 2.42. The van der Waals surface area contributed by atoms with Gasteiger partial charge in [-0.05, 0) is 74.9 Å². The van der Waals surface area contributed by atoms with Crippen molar-refractivity contribution in [3.8, 4) is 0 Å². The normalized spacial score (nSPS) is 13.4. The zero-order valence-electron chi connectivity index (χ0n) is 20.3. The lowest BCUT2D eigenvalue weighted by Crippen LogP contribution is -2.28. The quantitative estimate of drug-likeness (QED) is 0.189. The summed E-state index contributed by atoms with van der Waals surface area (Å²) in [6.07, 6.45) is 0. The molecule has 0 radical (unpaired) electrons. The van der Waals surface area contributed by atoms with Crippen LogP contribution in [0.3, 0.4) is 0 Å². The number of hydrogen-bond acceptors (Lipinski definition) is 6. The molecule has 0 saturated heterocycles. The van der Waals surface area contributed by atoms with Gasteiger partial charge in [0.2, 0.25) is 0 Å². The zero-order valence-corrected chi connectivity index (χ0v) is 23.5. The van der Waals surface area contributed by atoms with Crippen LogP contribution in [0.5, 0.6) is 0 Å². The van der Waals surface area contributed by atoms with Gasteiger partial charge in [-0.2, -0.15) is 0 Å². The molecule has 0 aliphatic rings. The number of rotatable bonds is 8. The largest absolute Gasteiger partial charge is 0.461 e. The maximum absolute atomic E-state index is 14.9. The number of esters is 1. The minimum Gasteiger partial charge on any atom is -0.461 e. The van der Waals surface area contributed by atoms with Crippen LogP contribution in [0.25, 0.3) is 10.9 Å². The maximum Gasteiger partial charge on any atom is 0.356 e. The van der Waals surface area contributed by atoms with Gasteiger partial charge in [0.15, 0.2) is 5.69 Å². The molecule has 0 fully saturated rings. The first-order valence-corrected chi connectivity index (χ1v) is 15.2. The van der Waals surface area contributed by atoms with Gasteiger partial charge in [-0.1, -0.05) is 41.4 Å². The van der Waals surface area contributed by atoms with Gasteiger partial charge in [0.05, 0.1) is 28.9 Å². The predicted molar refractivity (Wildman–Crippen MR) is 147 cm³/mol. The third kappa shape index (κ3) is 4.97. The third-order valence-corrected chi connectivity index (χ3v) is 10.4. The number of halogens is 2. The molecule has 4 rings (SSSR count). The lowest BCUT2D eigenvalue weighted by molar-refractivity contribution is 0.0520. The van der Waals surface area contributed by atoms with Crippen LogP contribution in [0.2, 0.25) is 10.0 Å². The van der Waals surface area contributed by atoms with Gasteiger partial charge in [0.25, 0.3) is 17.4 Å². The van der Waals surface area contributed by atoms with Gasteiger partial charge in [-0.15, -0.1) is 0 Å². The minimum atomic E-state index is -4.36. The van der Waals surface area contributed by atoms with E-state index in [2.05, 4.69) is 0 Å². The van der Waals surface area contributed by atoms with Gasteiger partial charge >= 0.3 is 5.97 Å². The van der Waals surface area contributed by atoms with Crippen molar-refractivity contribution < 1.29 is 27.0 Å². The van der Waals surface area contributed by atoms with E-state index in [-0.39, 0.29) is 44.6 Å². The number of aromatic nitrogens is 1. The summed E-state index contributed by atoms with van der Waals surface area (Å²) in [5, 5.41) is 0.840. The highest BCUT2D eigenvalue weighted by atomic mass is 35.5. The van der Waals surface area contributed by atoms with Crippen molar-refractivity contribution in [3.05, 3.63) is 88.0 Å². The second-order valence-corrected chi connectivity index (χ2v) is 13.1. The van der Waals surface area contributed by atoms with E-state index in [9.17, 15) is 17.8 Å². The van der Waals surface area contributed by atoms with Crippen molar-refractivity contribution >= 4 is 68.1 Å². The molecule has 0 amide bonds. The standard InChI is InChI=1S/C26H24Cl2NO6PS/c1-4-34-26(30)24-25(36(31,35-5-2)20-14-17(3)13-19(28)15-20)22-16-18(27)11-12-23(22)29(24)37(32,33)21-9-7-6-8-10-21/h6-16H,4-5H2,1-3H3. The summed E-state index contributed by atoms with van der Waals surface area (Å²) in [4.78, 5) is 13.4. The lowest BCUT2D eigenvalue weighted by Gasteiger charge is -2.21. The first kappa shape index (κ1) is 27.4. The Bertz CT molecular complexity index is 1630. The number of fused-ring (bicyclic) bond motifs is 1. The molecule has 0 bridgehead atoms. The molecule has 0 saturated carbocycles. The van der Waals surface area contributed by atoms with E-state index in [0.717, 1.165) is 3.97 Å². The Morgan fingerprint density at radius 1 is 0.946 bits per heavy atom. The Morgan fingerprint density at radius 3 is 2.27 bits per heavy atom. The molecule has 1 heterocycles. The molecule has 3 aromatic carbocycles. The minimum absolute atomic E-state index is 0.00375. The van der Waals surface area contributed by atoms with Crippen molar-refractivity contribution in [2.24, 2.45) is 0 Å². The van der Waals surface area contributed by atoms with Crippen molar-refractivity contribution in [2.45, 2.75) is 25.7 Å². The summed E-state index contributed by atoms with van der Waals surface area (Å²) in [6, 6.07) is 16.9. The molecule has 7 nitrogen and oxygen atoms in total. The second-order valence-electron chi connectivity index (χ2n) is 8.12. The van der Waals surface area contributed by atoms with E-state index >= 15 is 0 Å². The van der Waals surface area contributed by atoms with Crippen LogP contribution < -0.4 is 10.6 Å². The molecule has 4 aromatic rings. The molecule has 0 aliphatic heterocycles. The third-order valence-electron chi connectivity index (χ3n) is 5.58. The SMILES string of the molecule is CCOC(=O)c1c(P(=O)(OCC)c2cc(C)cc(Cl)c2)c2cc(Cl)ccc2n1S(=O)(=O)c1ccccc1. The highest BCUT2D eigenvalue weighted by Crippen LogP contribution is 2.49. The maximum atomic E-state index is 14.9. The van der Waals surface area contributed by atoms with E-state index in [1.165, 1.54) is 36.4 Å². The molecule has 1 aromatic heterocycles. The fourth-order valence-electron chi connectivity index (χ4n) is 4.18. The zero-order chi connectivity index (χ0) is 27.0. The monoisotopic (exact) mass is 579 g/mol. The number of carbonyl (C=O) groups is 1. The Balaban J connectivity index is 2.24. The fourth-order valence-corrected chi connectivity index (χ4v) is 8.87. The summed E-state index contributed by atoms with van der Waals surface area (Å²) < 4.78 is 54.9. The molecule has 194 valence electrons. The van der Waals surface area contributed by atoms with Crippen LogP contribution in [0.4, 0.5) is 0 Å². The number of carbonyl (C=O) groups excluding carboxylic acids is 1. The van der Waals surface area contributed by atoms with Crippen molar-refractivity contribution in [1.29, 1.82) is 0 Å². The number of benzene rings is 3. The smallest absolute Gasteiger partial charge is 0.356 e. The predicted octanol–water partition coefficient (Wildman–Crippen LogP) is 5.94. The van der Waals surface area contributed by atoms with Crippen molar-refractivity contribution in [3.63, 3.8) is 0 Å². The molecular weight excluding hydrogens is 556 g/mol. The molecule has 37 heavy (non-hydrogen) atoms. The molecular formula is C26H24Cl2NO6PS. The van der Waals surface area contributed by atoms with E-state index < -0.39 is 29.1 Å². The van der Waals surface area contributed by atoms with Gasteiger partial charge < -0.3 is 9.26 Å². The highest BCUT2D eigenvalue weighted by molar-refractivity contribution is 7.90. The Kier molecular flexibility index (Phi) is 7.88. The van der Waals surface area contributed by atoms with Crippen LogP contribution >= 0.6 is 30.6 Å². The summed E-state index contributed by atoms with van der Waals surface area (Å²) in [5.74, 6) is -0.969. The fraction of sp³-hybridized carbons (Fsp3) is 0.192. The Labute approximate surface area is 225 Å². The lowest BCUT2D eigenvalue weighted by atomic mass is 10.2. The van der Waals surface area contributed by atoms with E-state index in [1.807, 2.05) is 0 Å². The first-order chi connectivity index (χ1) is 17.5. The van der Waals surface area contributed by atoms with Crippen LogP contribution in [-0.2, 0) is 23.8 Å². The molecule has 1 atom stereocenters. The van der Waals surface area contributed by atoms with Gasteiger partial charge in [-0.25, -0.2) is 17.2 Å². The van der Waals surface area contributed by atoms with Crippen molar-refractivity contribution in [2.75, 3.05) is 13.2 Å². The number of hydrogen-bond donors (Lipinski definition) is 0. The summed E-state index contributed by atoms with van der Waals surface area (Å²) in [5.41, 5.74) is 0.390. The van der Waals surface area contributed by atoms with E-state index in [1.54, 1.807) is 51.1 Å². The van der Waals surface area contributed by atoms with E-state index in [0.29, 0.717) is 10.6 Å². The van der Waals surface area contributed by atoms with Crippen LogP contribution in [0.15, 0.2) is 71.6 Å². The number of aryl methyl sites for hydroxylation is 1. The summed E-state index contributed by atoms with van der Waals surface area (Å²) >= 11 is 12.6. The average molecular weight is 580 g/mol. The second kappa shape index (κ2) is 10.6. The van der Waals surface area contributed by atoms with Gasteiger partial charge in [0.1, 0.15) is 0 Å². The topological polar surface area (TPSA) is 91.7 Å². The molecule has 0 N–H and O–H groups in total. The van der Waals surface area contributed by atoms with Crippen molar-refractivity contribution in [1.82, 2.24) is 3.97 Å². The Morgan fingerprint density at radius 2 is 1.65 bits per heavy atom. The molecule has 11 heteroatoms.